The average Bonchev–Trinajstić information content (AvgIpc) is 3.32. The van der Waals surface area contributed by atoms with Crippen LogP contribution >= 0.6 is 0 Å². The lowest BCUT2D eigenvalue weighted by molar-refractivity contribution is -0.139. The Labute approximate surface area is 255 Å². The quantitative estimate of drug-likeness (QED) is 0.131. The van der Waals surface area contributed by atoms with E-state index in [0.717, 1.165) is 12.0 Å². The van der Waals surface area contributed by atoms with Gasteiger partial charge in [0.05, 0.1) is 18.6 Å². The maximum absolute atomic E-state index is 14.2. The number of nitrogens with one attached hydrogen (secondary N) is 1. The van der Waals surface area contributed by atoms with Gasteiger partial charge < -0.3 is 25.2 Å². The second-order valence-corrected chi connectivity index (χ2v) is 11.2. The molecule has 4 aromatic rings. The number of aliphatic carboxylic acids is 1. The molecule has 0 radical (unpaired) electrons. The number of carbonyl (C=O) groups is 2. The van der Waals surface area contributed by atoms with E-state index in [2.05, 4.69) is 5.32 Å². The molecule has 1 amide bonds. The van der Waals surface area contributed by atoms with Crippen molar-refractivity contribution < 1.29 is 33.7 Å². The lowest BCUT2D eigenvalue weighted by Gasteiger charge is -2.20. The molecule has 0 saturated carbocycles. The van der Waals surface area contributed by atoms with Crippen molar-refractivity contribution in [1.29, 1.82) is 0 Å². The molecule has 0 fully saturated rings. The molecular formula is C35H38F2N2O5. The van der Waals surface area contributed by atoms with Crippen LogP contribution in [0.4, 0.5) is 14.5 Å². The molecule has 0 bridgehead atoms. The van der Waals surface area contributed by atoms with Gasteiger partial charge in [-0.05, 0) is 92.6 Å². The fourth-order valence-corrected chi connectivity index (χ4v) is 5.58. The van der Waals surface area contributed by atoms with Crippen LogP contribution in [0.5, 0.6) is 0 Å². The number of carboxylic acid groups (broad SMARTS) is 1. The lowest BCUT2D eigenvalue weighted by Crippen LogP contribution is -2.22. The number of anilines is 1. The highest BCUT2D eigenvalue weighted by molar-refractivity contribution is 6.11. The van der Waals surface area contributed by atoms with E-state index < -0.39 is 42.1 Å². The van der Waals surface area contributed by atoms with Crippen molar-refractivity contribution in [1.82, 2.24) is 4.57 Å². The maximum atomic E-state index is 14.2. The average molecular weight is 605 g/mol. The first-order valence-electron chi connectivity index (χ1n) is 14.8. The fourth-order valence-electron chi connectivity index (χ4n) is 5.58. The first-order valence-corrected chi connectivity index (χ1v) is 14.8. The molecule has 3 aromatic carbocycles. The molecule has 9 heteroatoms. The van der Waals surface area contributed by atoms with Crippen LogP contribution in [0.2, 0.25) is 0 Å². The van der Waals surface area contributed by atoms with Gasteiger partial charge in [0.2, 0.25) is 0 Å². The van der Waals surface area contributed by atoms with E-state index in [1.165, 1.54) is 24.3 Å². The number of hydrogen-bond donors (Lipinski definition) is 4. The van der Waals surface area contributed by atoms with Crippen LogP contribution in [0.1, 0.15) is 67.8 Å². The SMILES string of the molecule is CCc1cccc(NC(=O)c2c(-c3ccc(F)cc3)c(-c3ccc(F)cc3)c(CC[C@@H](O)C[C@@H](O)CC(=O)O)n2C(C)C)c1. The van der Waals surface area contributed by atoms with Crippen LogP contribution in [0.15, 0.2) is 72.8 Å². The van der Waals surface area contributed by atoms with Gasteiger partial charge >= 0.3 is 5.97 Å². The summed E-state index contributed by atoms with van der Waals surface area (Å²) in [5.41, 5.74) is 5.05. The van der Waals surface area contributed by atoms with Crippen molar-refractivity contribution in [3.05, 3.63) is 101 Å². The largest absolute Gasteiger partial charge is 0.481 e. The van der Waals surface area contributed by atoms with Crippen molar-refractivity contribution in [2.45, 2.75) is 71.1 Å². The molecular weight excluding hydrogens is 566 g/mol. The second-order valence-electron chi connectivity index (χ2n) is 11.2. The summed E-state index contributed by atoms with van der Waals surface area (Å²) in [4.78, 5) is 25.2. The third kappa shape index (κ3) is 7.78. The fraction of sp³-hybridized carbons (Fsp3) is 0.314. The summed E-state index contributed by atoms with van der Waals surface area (Å²) in [5.74, 6) is -2.43. The zero-order chi connectivity index (χ0) is 32.0. The molecule has 0 spiro atoms. The molecule has 2 atom stereocenters. The maximum Gasteiger partial charge on any atom is 0.305 e. The zero-order valence-electron chi connectivity index (χ0n) is 25.1. The molecule has 0 aliphatic rings. The third-order valence-corrected chi connectivity index (χ3v) is 7.57. The number of aliphatic hydroxyl groups excluding tert-OH is 2. The topological polar surface area (TPSA) is 112 Å². The number of halogens is 2. The molecule has 1 aromatic heterocycles. The standard InChI is InChI=1S/C35H38F2N2O5/c1-4-22-6-5-7-27(18-22)38-35(44)34-33(24-10-14-26(37)15-11-24)32(23-8-12-25(36)13-9-23)30(39(34)21(2)3)17-16-28(40)19-29(41)20-31(42)43/h5-15,18,21,28-29,40-41H,4,16-17,19-20H2,1-3H3,(H,38,44)(H,42,43)/t28-,29-/m1/s1. The summed E-state index contributed by atoms with van der Waals surface area (Å²) >= 11 is 0. The van der Waals surface area contributed by atoms with Crippen molar-refractivity contribution in [3.63, 3.8) is 0 Å². The number of hydrogen-bond acceptors (Lipinski definition) is 4. The Hall–Kier alpha value is -4.34. The van der Waals surface area contributed by atoms with E-state index in [1.807, 2.05) is 43.5 Å². The summed E-state index contributed by atoms with van der Waals surface area (Å²) in [7, 11) is 0. The van der Waals surface area contributed by atoms with Gasteiger partial charge in [0.25, 0.3) is 5.91 Å². The van der Waals surface area contributed by atoms with E-state index in [-0.39, 0.29) is 25.3 Å². The minimum absolute atomic E-state index is 0.132. The van der Waals surface area contributed by atoms with Gasteiger partial charge in [-0.1, -0.05) is 43.3 Å². The number of rotatable bonds is 13. The number of carbonyl (C=O) groups excluding carboxylic acids is 1. The summed E-state index contributed by atoms with van der Waals surface area (Å²) in [6, 6.07) is 19.0. The Kier molecular flexibility index (Phi) is 10.7. The van der Waals surface area contributed by atoms with Gasteiger partial charge in [-0.2, -0.15) is 0 Å². The van der Waals surface area contributed by atoms with Crippen LogP contribution in [0, 0.1) is 11.6 Å². The number of amides is 1. The van der Waals surface area contributed by atoms with Gasteiger partial charge in [-0.25, -0.2) is 8.78 Å². The molecule has 7 nitrogen and oxygen atoms in total. The Morgan fingerprint density at radius 2 is 1.45 bits per heavy atom. The summed E-state index contributed by atoms with van der Waals surface area (Å²) < 4.78 is 30.0. The van der Waals surface area contributed by atoms with Crippen LogP contribution in [-0.4, -0.2) is 44.0 Å². The highest BCUT2D eigenvalue weighted by Crippen LogP contribution is 2.43. The van der Waals surface area contributed by atoms with E-state index in [1.54, 1.807) is 30.3 Å². The Morgan fingerprint density at radius 3 is 2.00 bits per heavy atom. The normalized spacial score (nSPS) is 12.7. The summed E-state index contributed by atoms with van der Waals surface area (Å²) in [6.45, 7) is 5.87. The minimum atomic E-state index is -1.22. The van der Waals surface area contributed by atoms with Gasteiger partial charge in [-0.15, -0.1) is 0 Å². The van der Waals surface area contributed by atoms with Gasteiger partial charge in [0, 0.05) is 28.6 Å². The molecule has 0 unspecified atom stereocenters. The number of aryl methyl sites for hydroxylation is 1. The summed E-state index contributed by atoms with van der Waals surface area (Å²) in [5, 5.41) is 32.9. The molecule has 4 N–H and O–H groups in total. The van der Waals surface area contributed by atoms with Gasteiger partial charge in [0.1, 0.15) is 17.3 Å². The van der Waals surface area contributed by atoms with E-state index in [0.29, 0.717) is 39.3 Å². The Bertz CT molecular complexity index is 1600. The summed E-state index contributed by atoms with van der Waals surface area (Å²) in [6.07, 6.45) is -1.67. The Morgan fingerprint density at radius 1 is 0.864 bits per heavy atom. The predicted molar refractivity (Wildman–Crippen MR) is 167 cm³/mol. The second kappa shape index (κ2) is 14.4. The molecule has 0 saturated heterocycles. The zero-order valence-corrected chi connectivity index (χ0v) is 25.1. The minimum Gasteiger partial charge on any atom is -0.481 e. The highest BCUT2D eigenvalue weighted by Gasteiger charge is 2.30. The van der Waals surface area contributed by atoms with Gasteiger partial charge in [0.15, 0.2) is 0 Å². The third-order valence-electron chi connectivity index (χ3n) is 7.57. The van der Waals surface area contributed by atoms with Crippen LogP contribution in [-0.2, 0) is 17.6 Å². The number of carboxylic acids is 1. The smallest absolute Gasteiger partial charge is 0.305 e. The van der Waals surface area contributed by atoms with Crippen LogP contribution in [0.3, 0.4) is 0 Å². The van der Waals surface area contributed by atoms with Crippen molar-refractivity contribution in [2.24, 2.45) is 0 Å². The van der Waals surface area contributed by atoms with E-state index >= 15 is 0 Å². The van der Waals surface area contributed by atoms with E-state index in [4.69, 9.17) is 5.11 Å². The first-order chi connectivity index (χ1) is 21.0. The molecule has 44 heavy (non-hydrogen) atoms. The van der Waals surface area contributed by atoms with Crippen molar-refractivity contribution in [3.8, 4) is 22.3 Å². The van der Waals surface area contributed by atoms with Crippen LogP contribution in [0.25, 0.3) is 22.3 Å². The highest BCUT2D eigenvalue weighted by atomic mass is 19.1. The Balaban J connectivity index is 1.91. The number of aromatic nitrogens is 1. The van der Waals surface area contributed by atoms with Gasteiger partial charge in [-0.3, -0.25) is 9.59 Å². The predicted octanol–water partition coefficient (Wildman–Crippen LogP) is 7.02. The first kappa shape index (κ1) is 32.6. The number of aliphatic hydroxyl groups is 2. The number of benzene rings is 3. The molecule has 0 aliphatic carbocycles. The monoisotopic (exact) mass is 604 g/mol. The van der Waals surface area contributed by atoms with Crippen molar-refractivity contribution in [2.75, 3.05) is 5.32 Å². The molecule has 4 rings (SSSR count). The molecule has 232 valence electrons. The number of nitrogens with zero attached hydrogens (tertiary/aromatic N) is 1. The van der Waals surface area contributed by atoms with Crippen molar-refractivity contribution >= 4 is 17.6 Å². The molecule has 1 heterocycles. The van der Waals surface area contributed by atoms with E-state index in [9.17, 15) is 28.6 Å². The van der Waals surface area contributed by atoms with Crippen LogP contribution < -0.4 is 5.32 Å². The molecule has 0 aliphatic heterocycles. The lowest BCUT2D eigenvalue weighted by atomic mass is 9.92.